The SMILES string of the molecule is Cc1ccc(OC2CCN(C(=O)CN=C3CCC/C3=C(/N)C(=O)N3C[C@@H](C)O[C@@H](C)C3)CC2)c(F)c1. The minimum absolute atomic E-state index is 0.0318. The predicted octanol–water partition coefficient (Wildman–Crippen LogP) is 2.98. The summed E-state index contributed by atoms with van der Waals surface area (Å²) in [5, 5.41) is 0. The van der Waals surface area contributed by atoms with Crippen molar-refractivity contribution < 1.29 is 23.5 Å². The highest BCUT2D eigenvalue weighted by atomic mass is 19.1. The Morgan fingerprint density at radius 2 is 1.83 bits per heavy atom. The maximum Gasteiger partial charge on any atom is 0.270 e. The van der Waals surface area contributed by atoms with Crippen molar-refractivity contribution in [1.82, 2.24) is 9.80 Å². The number of likely N-dealkylation sites (tertiary alicyclic amines) is 1. The molecule has 2 amide bonds. The molecule has 1 aromatic rings. The number of hydrogen-bond acceptors (Lipinski definition) is 6. The molecule has 0 aromatic heterocycles. The molecule has 1 aliphatic carbocycles. The number of ether oxygens (including phenoxy) is 2. The van der Waals surface area contributed by atoms with Crippen LogP contribution in [0.4, 0.5) is 4.39 Å². The molecule has 3 fully saturated rings. The van der Waals surface area contributed by atoms with Gasteiger partial charge in [-0.1, -0.05) is 6.07 Å². The fourth-order valence-electron chi connectivity index (χ4n) is 5.20. The highest BCUT2D eigenvalue weighted by molar-refractivity contribution is 6.09. The molecule has 2 N–H and O–H groups in total. The zero-order chi connectivity index (χ0) is 25.8. The molecule has 3 aliphatic rings. The monoisotopic (exact) mass is 500 g/mol. The van der Waals surface area contributed by atoms with Crippen LogP contribution in [0.25, 0.3) is 0 Å². The van der Waals surface area contributed by atoms with Crippen LogP contribution in [0.5, 0.6) is 5.75 Å². The lowest BCUT2D eigenvalue weighted by Crippen LogP contribution is -2.49. The van der Waals surface area contributed by atoms with E-state index in [1.165, 1.54) is 6.07 Å². The van der Waals surface area contributed by atoms with Gasteiger partial charge in [-0.2, -0.15) is 0 Å². The molecule has 8 nitrogen and oxygen atoms in total. The van der Waals surface area contributed by atoms with Crippen LogP contribution in [0.15, 0.2) is 34.5 Å². The van der Waals surface area contributed by atoms with E-state index in [2.05, 4.69) is 4.99 Å². The van der Waals surface area contributed by atoms with Crippen LogP contribution in [0, 0.1) is 12.7 Å². The summed E-state index contributed by atoms with van der Waals surface area (Å²) in [4.78, 5) is 34.0. The Morgan fingerprint density at radius 1 is 1.14 bits per heavy atom. The molecule has 2 atom stereocenters. The average molecular weight is 501 g/mol. The van der Waals surface area contributed by atoms with Crippen molar-refractivity contribution in [2.24, 2.45) is 10.7 Å². The fraction of sp³-hybridized carbons (Fsp3) is 0.593. The molecule has 1 aromatic carbocycles. The Morgan fingerprint density at radius 3 is 2.50 bits per heavy atom. The lowest BCUT2D eigenvalue weighted by molar-refractivity contribution is -0.139. The number of morpholine rings is 1. The molecule has 2 saturated heterocycles. The smallest absolute Gasteiger partial charge is 0.270 e. The predicted molar refractivity (Wildman–Crippen MR) is 135 cm³/mol. The largest absolute Gasteiger partial charge is 0.487 e. The topological polar surface area (TPSA) is 97.5 Å². The van der Waals surface area contributed by atoms with Crippen molar-refractivity contribution in [3.8, 4) is 5.75 Å². The highest BCUT2D eigenvalue weighted by Gasteiger charge is 2.30. The van der Waals surface area contributed by atoms with Crippen LogP contribution in [-0.4, -0.2) is 78.4 Å². The van der Waals surface area contributed by atoms with Gasteiger partial charge in [0.1, 0.15) is 18.3 Å². The molecule has 196 valence electrons. The van der Waals surface area contributed by atoms with Crippen LogP contribution in [0.1, 0.15) is 51.5 Å². The number of rotatable bonds is 5. The van der Waals surface area contributed by atoms with Gasteiger partial charge in [-0.25, -0.2) is 4.39 Å². The van der Waals surface area contributed by atoms with E-state index in [1.54, 1.807) is 15.9 Å². The summed E-state index contributed by atoms with van der Waals surface area (Å²) in [7, 11) is 0. The van der Waals surface area contributed by atoms with Gasteiger partial charge in [-0.3, -0.25) is 14.6 Å². The third-order valence-corrected chi connectivity index (χ3v) is 7.03. The summed E-state index contributed by atoms with van der Waals surface area (Å²) in [5.41, 5.74) is 8.93. The number of hydrogen-bond donors (Lipinski definition) is 1. The molecule has 0 bridgehead atoms. The van der Waals surface area contributed by atoms with Gasteiger partial charge in [0.2, 0.25) is 5.91 Å². The number of amides is 2. The summed E-state index contributed by atoms with van der Waals surface area (Å²) in [6, 6.07) is 4.94. The second kappa shape index (κ2) is 11.4. The van der Waals surface area contributed by atoms with Crippen molar-refractivity contribution in [3.63, 3.8) is 0 Å². The number of nitrogens with zero attached hydrogens (tertiary/aromatic N) is 3. The van der Waals surface area contributed by atoms with E-state index < -0.39 is 0 Å². The Kier molecular flexibility index (Phi) is 8.28. The summed E-state index contributed by atoms with van der Waals surface area (Å²) in [6.45, 7) is 7.87. The van der Waals surface area contributed by atoms with Crippen molar-refractivity contribution >= 4 is 17.5 Å². The van der Waals surface area contributed by atoms with Crippen LogP contribution in [-0.2, 0) is 14.3 Å². The Hall–Kier alpha value is -2.94. The highest BCUT2D eigenvalue weighted by Crippen LogP contribution is 2.26. The second-order valence-electron chi connectivity index (χ2n) is 10.1. The lowest BCUT2D eigenvalue weighted by Gasteiger charge is -2.35. The normalized spacial score (nSPS) is 25.8. The molecule has 4 rings (SSSR count). The number of nitrogens with two attached hydrogens (primary N) is 1. The molecule has 36 heavy (non-hydrogen) atoms. The molecule has 9 heteroatoms. The first kappa shape index (κ1) is 26.1. The fourth-order valence-corrected chi connectivity index (χ4v) is 5.20. The number of aryl methyl sites for hydroxylation is 1. The van der Waals surface area contributed by atoms with Crippen molar-refractivity contribution in [3.05, 3.63) is 40.8 Å². The zero-order valence-electron chi connectivity index (χ0n) is 21.5. The Bertz CT molecular complexity index is 1040. The molecule has 0 spiro atoms. The number of carbonyl (C=O) groups excluding carboxylic acids is 2. The molecule has 0 unspecified atom stereocenters. The molecule has 2 aliphatic heterocycles. The summed E-state index contributed by atoms with van der Waals surface area (Å²) < 4.78 is 25.6. The van der Waals surface area contributed by atoms with E-state index in [0.29, 0.717) is 51.9 Å². The van der Waals surface area contributed by atoms with E-state index in [1.807, 2.05) is 26.8 Å². The van der Waals surface area contributed by atoms with E-state index in [0.717, 1.165) is 23.3 Å². The van der Waals surface area contributed by atoms with Crippen LogP contribution in [0.3, 0.4) is 0 Å². The average Bonchev–Trinajstić information content (AvgIpc) is 3.32. The number of carbonyl (C=O) groups is 2. The van der Waals surface area contributed by atoms with Gasteiger partial charge < -0.3 is 25.0 Å². The Labute approximate surface area is 212 Å². The molecule has 2 heterocycles. The molecule has 0 radical (unpaired) electrons. The van der Waals surface area contributed by atoms with Gasteiger partial charge in [0.15, 0.2) is 11.6 Å². The number of benzene rings is 1. The standard InChI is InChI=1S/C27H37FN4O4/c1-17-7-8-24(22(28)13-17)36-20-9-11-31(12-10-20)25(33)14-30-23-6-4-5-21(23)26(29)27(34)32-15-18(2)35-19(3)16-32/h7-8,13,18-20H,4-6,9-12,14-16,29H2,1-3H3/b26-21-,30-23?/t18-,19+. The quantitative estimate of drug-likeness (QED) is 0.627. The van der Waals surface area contributed by atoms with Crippen molar-refractivity contribution in [2.75, 3.05) is 32.7 Å². The molecule has 1 saturated carbocycles. The number of aliphatic imine (C=N–C) groups is 1. The van der Waals surface area contributed by atoms with Crippen molar-refractivity contribution in [1.29, 1.82) is 0 Å². The van der Waals surface area contributed by atoms with Gasteiger partial charge in [0.05, 0.1) is 12.2 Å². The first-order valence-corrected chi connectivity index (χ1v) is 12.9. The minimum atomic E-state index is -0.361. The van der Waals surface area contributed by atoms with Crippen LogP contribution < -0.4 is 10.5 Å². The van der Waals surface area contributed by atoms with Crippen molar-refractivity contribution in [2.45, 2.75) is 71.2 Å². The minimum Gasteiger partial charge on any atom is -0.487 e. The van der Waals surface area contributed by atoms with E-state index >= 15 is 0 Å². The van der Waals surface area contributed by atoms with Gasteiger partial charge >= 0.3 is 0 Å². The zero-order valence-corrected chi connectivity index (χ0v) is 21.5. The second-order valence-corrected chi connectivity index (χ2v) is 10.1. The first-order valence-electron chi connectivity index (χ1n) is 12.9. The third-order valence-electron chi connectivity index (χ3n) is 7.03. The molecular weight excluding hydrogens is 463 g/mol. The summed E-state index contributed by atoms with van der Waals surface area (Å²) in [6.07, 6.45) is 3.36. The van der Waals surface area contributed by atoms with Gasteiger partial charge in [-0.05, 0) is 57.7 Å². The number of halogens is 1. The van der Waals surface area contributed by atoms with E-state index in [4.69, 9.17) is 15.2 Å². The van der Waals surface area contributed by atoms with E-state index in [-0.39, 0.29) is 53.9 Å². The van der Waals surface area contributed by atoms with Crippen LogP contribution >= 0.6 is 0 Å². The number of allylic oxidation sites excluding steroid dienone is 1. The lowest BCUT2D eigenvalue weighted by atomic mass is 10.1. The molecular formula is C27H37FN4O4. The van der Waals surface area contributed by atoms with Crippen LogP contribution in [0.2, 0.25) is 0 Å². The summed E-state index contributed by atoms with van der Waals surface area (Å²) >= 11 is 0. The number of piperidine rings is 1. The summed E-state index contributed by atoms with van der Waals surface area (Å²) in [5.74, 6) is -0.347. The maximum atomic E-state index is 14.1. The van der Waals surface area contributed by atoms with Gasteiger partial charge in [-0.15, -0.1) is 0 Å². The third kappa shape index (κ3) is 6.24. The maximum absolute atomic E-state index is 14.1. The Balaban J connectivity index is 1.31. The van der Waals surface area contributed by atoms with Gasteiger partial charge in [0, 0.05) is 50.3 Å². The van der Waals surface area contributed by atoms with Gasteiger partial charge in [0.25, 0.3) is 5.91 Å². The van der Waals surface area contributed by atoms with E-state index in [9.17, 15) is 14.0 Å². The first-order chi connectivity index (χ1) is 17.2.